The van der Waals surface area contributed by atoms with E-state index in [2.05, 4.69) is 25.2 Å². The summed E-state index contributed by atoms with van der Waals surface area (Å²) < 4.78 is 29.1. The van der Waals surface area contributed by atoms with Crippen LogP contribution in [0.25, 0.3) is 11.4 Å². The summed E-state index contributed by atoms with van der Waals surface area (Å²) >= 11 is 1.27. The van der Waals surface area contributed by atoms with Gasteiger partial charge in [-0.25, -0.2) is 18.4 Å². The lowest BCUT2D eigenvalue weighted by molar-refractivity contribution is 0.103. The summed E-state index contributed by atoms with van der Waals surface area (Å²) in [6.07, 6.45) is 2.70. The smallest absolute Gasteiger partial charge is 0.267 e. The summed E-state index contributed by atoms with van der Waals surface area (Å²) in [7, 11) is -3.25. The quantitative estimate of drug-likeness (QED) is 0.597. The van der Waals surface area contributed by atoms with Crippen LogP contribution in [0.2, 0.25) is 0 Å². The number of hydrogen-bond acceptors (Lipinski definition) is 9. The number of ether oxygens (including phenoxy) is 1. The summed E-state index contributed by atoms with van der Waals surface area (Å²) in [5, 5.41) is 2.82. The minimum Gasteiger partial charge on any atom is -0.378 e. The van der Waals surface area contributed by atoms with Crippen molar-refractivity contribution in [1.82, 2.24) is 15.0 Å². The van der Waals surface area contributed by atoms with Crippen molar-refractivity contribution in [2.45, 2.75) is 5.75 Å². The van der Waals surface area contributed by atoms with Gasteiger partial charge in [-0.1, -0.05) is 0 Å². The zero-order chi connectivity index (χ0) is 21.8. The Kier molecular flexibility index (Phi) is 6.25. The van der Waals surface area contributed by atoms with Gasteiger partial charge in [-0.05, 0) is 24.3 Å². The van der Waals surface area contributed by atoms with Crippen molar-refractivity contribution < 1.29 is 17.9 Å². The van der Waals surface area contributed by atoms with E-state index < -0.39 is 9.84 Å². The van der Waals surface area contributed by atoms with E-state index in [1.165, 1.54) is 23.8 Å². The molecule has 2 aromatic heterocycles. The van der Waals surface area contributed by atoms with Gasteiger partial charge in [-0.3, -0.25) is 9.78 Å². The molecular formula is C20H21N5O4S2. The Hall–Kier alpha value is -2.89. The molecule has 11 heteroatoms. The van der Waals surface area contributed by atoms with Crippen LogP contribution in [0.1, 0.15) is 15.4 Å². The third-order valence-electron chi connectivity index (χ3n) is 4.57. The fraction of sp³-hybridized carbons (Fsp3) is 0.300. The number of nitrogens with zero attached hydrogens (tertiary/aromatic N) is 4. The molecular weight excluding hydrogens is 438 g/mol. The van der Waals surface area contributed by atoms with Crippen LogP contribution in [0, 0.1) is 0 Å². The van der Waals surface area contributed by atoms with Crippen LogP contribution in [-0.2, 0) is 20.3 Å². The van der Waals surface area contributed by atoms with Gasteiger partial charge in [0.2, 0.25) is 0 Å². The van der Waals surface area contributed by atoms with Crippen molar-refractivity contribution in [3.8, 4) is 11.4 Å². The SMILES string of the molecule is CS(=O)(=O)Cc1cc(N2CCOCC2)nc(-c2ccc(NC(=O)c3cncs3)cc2)n1. The number of carbonyl (C=O) groups is 1. The number of anilines is 2. The van der Waals surface area contributed by atoms with E-state index in [4.69, 9.17) is 4.74 Å². The van der Waals surface area contributed by atoms with Gasteiger partial charge in [0.1, 0.15) is 10.7 Å². The molecule has 31 heavy (non-hydrogen) atoms. The number of amides is 1. The van der Waals surface area contributed by atoms with Gasteiger partial charge in [-0.15, -0.1) is 11.3 Å². The lowest BCUT2D eigenvalue weighted by atomic mass is 10.2. The Morgan fingerprint density at radius 2 is 1.94 bits per heavy atom. The van der Waals surface area contributed by atoms with Crippen LogP contribution < -0.4 is 10.2 Å². The lowest BCUT2D eigenvalue weighted by Gasteiger charge is -2.28. The zero-order valence-electron chi connectivity index (χ0n) is 16.8. The minimum absolute atomic E-state index is 0.164. The van der Waals surface area contributed by atoms with Crippen LogP contribution >= 0.6 is 11.3 Å². The molecule has 1 fully saturated rings. The second-order valence-electron chi connectivity index (χ2n) is 7.11. The van der Waals surface area contributed by atoms with Gasteiger partial charge in [-0.2, -0.15) is 0 Å². The number of nitrogens with one attached hydrogen (secondary N) is 1. The first-order valence-corrected chi connectivity index (χ1v) is 12.5. The molecule has 1 aliphatic heterocycles. The number of morpholine rings is 1. The number of aromatic nitrogens is 3. The van der Waals surface area contributed by atoms with E-state index in [1.807, 2.05) is 0 Å². The summed E-state index contributed by atoms with van der Waals surface area (Å²) in [5.41, 5.74) is 3.39. The lowest BCUT2D eigenvalue weighted by Crippen LogP contribution is -2.37. The van der Waals surface area contributed by atoms with E-state index in [9.17, 15) is 13.2 Å². The van der Waals surface area contributed by atoms with Gasteiger partial charge < -0.3 is 15.0 Å². The van der Waals surface area contributed by atoms with Crippen molar-refractivity contribution in [1.29, 1.82) is 0 Å². The minimum atomic E-state index is -3.25. The first-order valence-electron chi connectivity index (χ1n) is 9.56. The Bertz CT molecular complexity index is 1160. The molecule has 1 amide bonds. The van der Waals surface area contributed by atoms with Crippen LogP contribution in [0.5, 0.6) is 0 Å². The molecule has 0 atom stereocenters. The maximum atomic E-state index is 12.2. The third-order valence-corrected chi connectivity index (χ3v) is 6.16. The normalized spacial score (nSPS) is 14.4. The molecule has 3 heterocycles. The fourth-order valence-corrected chi connectivity index (χ4v) is 4.33. The van der Waals surface area contributed by atoms with Gasteiger partial charge in [0.25, 0.3) is 5.91 Å². The molecule has 9 nitrogen and oxygen atoms in total. The monoisotopic (exact) mass is 459 g/mol. The standard InChI is InChI=1S/C20H21N5O4S2/c1-31(27,28)12-16-10-18(25-6-8-29-9-7-25)24-19(22-16)14-2-4-15(5-3-14)23-20(26)17-11-21-13-30-17/h2-5,10-11,13H,6-9,12H2,1H3,(H,23,26). The molecule has 1 saturated heterocycles. The second-order valence-corrected chi connectivity index (χ2v) is 10.1. The summed E-state index contributed by atoms with van der Waals surface area (Å²) in [6.45, 7) is 2.54. The van der Waals surface area contributed by atoms with Crippen molar-refractivity contribution in [3.63, 3.8) is 0 Å². The van der Waals surface area contributed by atoms with Crippen molar-refractivity contribution in [2.75, 3.05) is 42.8 Å². The molecule has 1 N–H and O–H groups in total. The van der Waals surface area contributed by atoms with E-state index in [1.54, 1.807) is 35.8 Å². The highest BCUT2D eigenvalue weighted by Crippen LogP contribution is 2.24. The molecule has 4 rings (SSSR count). The van der Waals surface area contributed by atoms with Crippen molar-refractivity contribution in [2.24, 2.45) is 0 Å². The molecule has 0 spiro atoms. The Morgan fingerprint density at radius 3 is 2.58 bits per heavy atom. The highest BCUT2D eigenvalue weighted by molar-refractivity contribution is 7.89. The fourth-order valence-electron chi connectivity index (χ4n) is 3.13. The predicted molar refractivity (Wildman–Crippen MR) is 119 cm³/mol. The first-order chi connectivity index (χ1) is 14.9. The highest BCUT2D eigenvalue weighted by Gasteiger charge is 2.17. The maximum absolute atomic E-state index is 12.2. The molecule has 0 radical (unpaired) electrons. The number of rotatable bonds is 6. The number of hydrogen-bond donors (Lipinski definition) is 1. The average molecular weight is 460 g/mol. The average Bonchev–Trinajstić information content (AvgIpc) is 3.29. The second kappa shape index (κ2) is 9.08. The number of sulfone groups is 1. The molecule has 0 bridgehead atoms. The molecule has 3 aromatic rings. The third kappa shape index (κ3) is 5.63. The molecule has 1 aromatic carbocycles. The molecule has 0 aliphatic carbocycles. The van der Waals surface area contributed by atoms with Crippen molar-refractivity contribution >= 4 is 38.6 Å². The van der Waals surface area contributed by atoms with Gasteiger partial charge >= 0.3 is 0 Å². The molecule has 0 saturated carbocycles. The maximum Gasteiger partial charge on any atom is 0.267 e. The molecule has 162 valence electrons. The zero-order valence-corrected chi connectivity index (χ0v) is 18.4. The van der Waals surface area contributed by atoms with Crippen LogP contribution in [0.15, 0.2) is 42.0 Å². The Morgan fingerprint density at radius 1 is 1.19 bits per heavy atom. The number of thiazole rings is 1. The van der Waals surface area contributed by atoms with E-state index >= 15 is 0 Å². The summed E-state index contributed by atoms with van der Waals surface area (Å²) in [6, 6.07) is 8.83. The van der Waals surface area contributed by atoms with Gasteiger partial charge in [0.15, 0.2) is 15.7 Å². The van der Waals surface area contributed by atoms with Crippen LogP contribution in [-0.4, -0.2) is 61.8 Å². The summed E-state index contributed by atoms with van der Waals surface area (Å²) in [4.78, 5) is 27.8. The molecule has 0 unspecified atom stereocenters. The van der Waals surface area contributed by atoms with E-state index in [0.29, 0.717) is 54.2 Å². The van der Waals surface area contributed by atoms with Gasteiger partial charge in [0, 0.05) is 36.7 Å². The van der Waals surface area contributed by atoms with E-state index in [-0.39, 0.29) is 11.7 Å². The van der Waals surface area contributed by atoms with E-state index in [0.717, 1.165) is 5.56 Å². The largest absolute Gasteiger partial charge is 0.378 e. The number of benzene rings is 1. The Labute approximate surface area is 184 Å². The van der Waals surface area contributed by atoms with Crippen LogP contribution in [0.4, 0.5) is 11.5 Å². The topological polar surface area (TPSA) is 114 Å². The summed E-state index contributed by atoms with van der Waals surface area (Å²) in [5.74, 6) is 0.719. The van der Waals surface area contributed by atoms with Gasteiger partial charge in [0.05, 0.1) is 36.4 Å². The molecule has 1 aliphatic rings. The Balaban J connectivity index is 1.61. The van der Waals surface area contributed by atoms with Crippen molar-refractivity contribution in [3.05, 3.63) is 52.6 Å². The highest BCUT2D eigenvalue weighted by atomic mass is 32.2. The van der Waals surface area contributed by atoms with Crippen LogP contribution in [0.3, 0.4) is 0 Å². The first kappa shape index (κ1) is 21.3. The predicted octanol–water partition coefficient (Wildman–Crippen LogP) is 2.23. The number of carbonyl (C=O) groups excluding carboxylic acids is 1.